The van der Waals surface area contributed by atoms with E-state index in [0.29, 0.717) is 98.2 Å². The van der Waals surface area contributed by atoms with Crippen LogP contribution in [0.15, 0.2) is 224 Å². The quantitative estimate of drug-likeness (QED) is 0.0753. The standard InChI is InChI=1S/2C21H19N3O.C20H20N2O3.C19H19F2N3O.C17H16BrN3O/c1-21(2,3)11-9-17-8-7-16(14-23-17)20(25)24-19-6-4-5-15-13-22-12-10-18(15)19;1-21(2,3)11-10-17-9-8-16(13-22-17)20(25)24-18-12-15-6-4-5-7-19(15)23-14-18;1-20(2,3)9-8-15-5-4-14(13-21-15)19(23)22-16-6-7-17-18(12-16)25-11-10-24-17;1-18(2,3)10-9-15-7-5-13(11-22-15)17(25)24-16-8-6-14(12-23-16)19(4,20)21;1-17(2,3)9-8-14-6-4-12(10-19-14)16(22)21-15-7-5-13(18)11-20-15/h4-8,10,12-14H,1-3H3,(H,24,25);4-9,12-14H,1-3H3,(H,24,25);4-7,12-13H,10-11H2,1-3H3,(H,22,23);5-8,11-12H,1-4H3,(H,23,24,25);4-7,10-11H,1-3H3,(H,20,21,22). The lowest BCUT2D eigenvalue weighted by Gasteiger charge is -2.19. The van der Waals surface area contributed by atoms with Gasteiger partial charge in [-0.05, 0) is 271 Å². The van der Waals surface area contributed by atoms with Gasteiger partial charge in [-0.3, -0.25) is 33.9 Å². The number of ether oxygens (including phenoxy) is 2. The summed E-state index contributed by atoms with van der Waals surface area (Å²) >= 11 is 3.29. The number of hydrogen-bond acceptors (Lipinski definition) is 16. The Kier molecular flexibility index (Phi) is 31.0. The van der Waals surface area contributed by atoms with Gasteiger partial charge >= 0.3 is 0 Å². The van der Waals surface area contributed by atoms with Crippen LogP contribution in [0, 0.1) is 86.3 Å². The molecule has 1 aliphatic rings. The van der Waals surface area contributed by atoms with Gasteiger partial charge in [0.2, 0.25) is 0 Å². The maximum Gasteiger partial charge on any atom is 0.272 e. The molecule has 10 heterocycles. The number of benzene rings is 3. The monoisotopic (exact) mass is 1690 g/mol. The molecule has 0 radical (unpaired) electrons. The Morgan fingerprint density at radius 2 is 0.754 bits per heavy atom. The molecule has 0 saturated carbocycles. The van der Waals surface area contributed by atoms with Crippen molar-refractivity contribution in [3.8, 4) is 70.7 Å². The highest BCUT2D eigenvalue weighted by Crippen LogP contribution is 2.33. The SMILES string of the molecule is CC(C)(C)C#Cc1ccc(C(=O)Nc2ccc(Br)cn2)cn1.CC(C)(C)C#Cc1ccc(C(=O)Nc2ccc(C(C)(F)F)cn2)cn1.CC(C)(C)C#Cc1ccc(C(=O)Nc2ccc3c(c2)OCCO3)cn1.CC(C)(C)C#Cc1ccc(C(=O)Nc2cccc3cnccc23)cn1.CC(C)(C)C#Cc1ccc(C(=O)Nc2cnc3ccccc3c2)cn1. The van der Waals surface area contributed by atoms with Crippen LogP contribution >= 0.6 is 15.9 Å². The fourth-order valence-corrected chi connectivity index (χ4v) is 10.2. The number of halogens is 3. The van der Waals surface area contributed by atoms with Crippen molar-refractivity contribution in [2.45, 2.75) is 117 Å². The maximum absolute atomic E-state index is 13.1. The highest BCUT2D eigenvalue weighted by atomic mass is 79.9. The zero-order valence-electron chi connectivity index (χ0n) is 70.7. The van der Waals surface area contributed by atoms with Crippen LogP contribution in [0.1, 0.15) is 197 Å². The normalized spacial score (nSPS) is 11.3. The molecule has 13 rings (SSSR count). The van der Waals surface area contributed by atoms with E-state index in [1.165, 1.54) is 36.9 Å². The topological polar surface area (TPSA) is 280 Å². The molecule has 0 bridgehead atoms. The zero-order chi connectivity index (χ0) is 88.4. The molecule has 0 fully saturated rings. The molecule has 24 heteroatoms. The third-order valence-corrected chi connectivity index (χ3v) is 16.5. The molecule has 0 atom stereocenters. The first kappa shape index (κ1) is 91.5. The van der Waals surface area contributed by atoms with Crippen LogP contribution in [0.4, 0.5) is 37.5 Å². The second-order valence-corrected chi connectivity index (χ2v) is 33.7. The molecular weight excluding hydrogens is 1600 g/mol. The second-order valence-electron chi connectivity index (χ2n) is 32.8. The molecule has 0 spiro atoms. The van der Waals surface area contributed by atoms with Crippen molar-refractivity contribution in [2.75, 3.05) is 39.8 Å². The number of carbonyl (C=O) groups is 5. The van der Waals surface area contributed by atoms with Crippen LogP contribution in [0.5, 0.6) is 11.5 Å². The molecule has 0 unspecified atom stereocenters. The first-order valence-corrected chi connectivity index (χ1v) is 39.5. The first-order chi connectivity index (χ1) is 57.6. The maximum atomic E-state index is 13.1. The minimum Gasteiger partial charge on any atom is -0.486 e. The summed E-state index contributed by atoms with van der Waals surface area (Å²) in [4.78, 5) is 98.9. The highest BCUT2D eigenvalue weighted by molar-refractivity contribution is 9.10. The van der Waals surface area contributed by atoms with Crippen LogP contribution in [0.3, 0.4) is 0 Å². The Balaban J connectivity index is 0.000000173. The van der Waals surface area contributed by atoms with Gasteiger partial charge in [-0.1, -0.05) is 59.9 Å². The van der Waals surface area contributed by atoms with Crippen molar-refractivity contribution in [1.82, 2.24) is 44.9 Å². The van der Waals surface area contributed by atoms with Gasteiger partial charge in [-0.25, -0.2) is 43.7 Å². The predicted octanol–water partition coefficient (Wildman–Crippen LogP) is 20.2. The largest absolute Gasteiger partial charge is 0.486 e. The number of nitrogens with zero attached hydrogens (tertiary/aromatic N) is 9. The highest BCUT2D eigenvalue weighted by Gasteiger charge is 2.25. The van der Waals surface area contributed by atoms with Gasteiger partial charge in [-0.15, -0.1) is 0 Å². The molecule has 5 N–H and O–H groups in total. The number of amides is 5. The van der Waals surface area contributed by atoms with Gasteiger partial charge < -0.3 is 36.1 Å². The number of pyridine rings is 9. The summed E-state index contributed by atoms with van der Waals surface area (Å²) in [6.07, 6.45) is 15.3. The van der Waals surface area contributed by atoms with Crippen LogP contribution in [-0.2, 0) is 5.92 Å². The summed E-state index contributed by atoms with van der Waals surface area (Å²) in [5, 5.41) is 16.8. The number of nitrogens with one attached hydrogen (secondary N) is 5. The molecule has 12 aromatic rings. The number of alkyl halides is 2. The number of fused-ring (bicyclic) bond motifs is 3. The number of hydrogen-bond donors (Lipinski definition) is 5. The summed E-state index contributed by atoms with van der Waals surface area (Å²) in [5.41, 5.74) is 7.66. The molecule has 1 aliphatic heterocycles. The van der Waals surface area contributed by atoms with Crippen LogP contribution in [0.25, 0.3) is 21.7 Å². The van der Waals surface area contributed by atoms with Crippen molar-refractivity contribution in [3.63, 3.8) is 0 Å². The average molecular weight is 1700 g/mol. The number of aromatic nitrogens is 9. The van der Waals surface area contributed by atoms with E-state index >= 15 is 0 Å². The van der Waals surface area contributed by atoms with E-state index in [1.54, 1.807) is 116 Å². The van der Waals surface area contributed by atoms with Gasteiger partial charge in [0.15, 0.2) is 11.5 Å². The number of para-hydroxylation sites is 1. The number of rotatable bonds is 11. The lowest BCUT2D eigenvalue weighted by atomic mass is 9.98. The van der Waals surface area contributed by atoms with Crippen molar-refractivity contribution in [2.24, 2.45) is 27.1 Å². The lowest BCUT2D eigenvalue weighted by molar-refractivity contribution is 0.0171. The summed E-state index contributed by atoms with van der Waals surface area (Å²) in [6, 6.07) is 45.8. The van der Waals surface area contributed by atoms with Crippen LogP contribution < -0.4 is 36.1 Å². The minimum absolute atomic E-state index is 0.0784. The van der Waals surface area contributed by atoms with E-state index in [2.05, 4.69) is 147 Å². The summed E-state index contributed by atoms with van der Waals surface area (Å²) in [5.74, 6) is 28.2. The fourth-order valence-electron chi connectivity index (χ4n) is 9.92. The molecule has 618 valence electrons. The molecule has 9 aromatic heterocycles. The van der Waals surface area contributed by atoms with Gasteiger partial charge in [0.25, 0.3) is 35.5 Å². The van der Waals surface area contributed by atoms with Crippen LogP contribution in [-0.4, -0.2) is 87.6 Å². The molecule has 3 aromatic carbocycles. The average Bonchev–Trinajstić information content (AvgIpc) is 0.839. The van der Waals surface area contributed by atoms with E-state index < -0.39 is 11.8 Å². The number of anilines is 5. The number of carbonyl (C=O) groups excluding carboxylic acids is 5. The zero-order valence-corrected chi connectivity index (χ0v) is 72.3. The van der Waals surface area contributed by atoms with E-state index in [1.807, 2.05) is 165 Å². The van der Waals surface area contributed by atoms with E-state index in [-0.39, 0.29) is 62.1 Å². The van der Waals surface area contributed by atoms with Gasteiger partial charge in [-0.2, -0.15) is 0 Å². The van der Waals surface area contributed by atoms with Crippen molar-refractivity contribution < 1.29 is 42.2 Å². The Morgan fingerprint density at radius 1 is 0.352 bits per heavy atom. The minimum atomic E-state index is -2.97. The predicted molar refractivity (Wildman–Crippen MR) is 479 cm³/mol. The molecule has 5 amide bonds. The Hall–Kier alpha value is -14.4. The van der Waals surface area contributed by atoms with Gasteiger partial charge in [0, 0.05) is 133 Å². The van der Waals surface area contributed by atoms with Crippen molar-refractivity contribution >= 4 is 95.8 Å². The molecular formula is C98H93BrF2N14O7. The van der Waals surface area contributed by atoms with Crippen molar-refractivity contribution in [1.29, 1.82) is 0 Å². The Morgan fingerprint density at radius 3 is 1.16 bits per heavy atom. The molecule has 21 nitrogen and oxygen atoms in total. The third-order valence-electron chi connectivity index (χ3n) is 16.0. The second kappa shape index (κ2) is 41.3. The van der Waals surface area contributed by atoms with Crippen molar-refractivity contribution in [3.05, 3.63) is 286 Å². The summed E-state index contributed by atoms with van der Waals surface area (Å²) < 4.78 is 38.1. The smallest absolute Gasteiger partial charge is 0.272 e. The van der Waals surface area contributed by atoms with Gasteiger partial charge in [0.1, 0.15) is 53.3 Å². The Bertz CT molecular complexity index is 6040. The van der Waals surface area contributed by atoms with Crippen LogP contribution in [0.2, 0.25) is 0 Å². The molecule has 122 heavy (non-hydrogen) atoms. The molecule has 0 aliphatic carbocycles. The first-order valence-electron chi connectivity index (χ1n) is 38.7. The summed E-state index contributed by atoms with van der Waals surface area (Å²) in [7, 11) is 0. The lowest BCUT2D eigenvalue weighted by Crippen LogP contribution is -2.16. The fraction of sp³-hybridized carbons (Fsp3) is 0.245. The molecule has 0 saturated heterocycles. The Labute approximate surface area is 719 Å². The van der Waals surface area contributed by atoms with E-state index in [9.17, 15) is 32.8 Å². The van der Waals surface area contributed by atoms with E-state index in [0.717, 1.165) is 45.0 Å². The van der Waals surface area contributed by atoms with Gasteiger partial charge in [0.05, 0.1) is 45.2 Å². The third kappa shape index (κ3) is 31.2. The van der Waals surface area contributed by atoms with E-state index in [4.69, 9.17) is 9.47 Å². The summed E-state index contributed by atoms with van der Waals surface area (Å²) in [6.45, 7) is 32.3.